The van der Waals surface area contributed by atoms with E-state index in [1.807, 2.05) is 42.5 Å². The van der Waals surface area contributed by atoms with Gasteiger partial charge in [0.1, 0.15) is 16.5 Å². The number of nitrogens with zero attached hydrogens (tertiary/aromatic N) is 2. The number of rotatable bonds is 8. The van der Waals surface area contributed by atoms with Crippen molar-refractivity contribution >= 4 is 32.7 Å². The lowest BCUT2D eigenvalue weighted by Gasteiger charge is -2.13. The van der Waals surface area contributed by atoms with Crippen molar-refractivity contribution in [3.05, 3.63) is 89.2 Å². The maximum atomic E-state index is 13.0. The average Bonchev–Trinajstić information content (AvgIpc) is 3.14. The number of aromatic nitrogens is 2. The first-order valence-electron chi connectivity index (χ1n) is 9.79. The van der Waals surface area contributed by atoms with Crippen LogP contribution in [0.4, 0.5) is 0 Å². The lowest BCUT2D eigenvalue weighted by Crippen LogP contribution is -2.25. The van der Waals surface area contributed by atoms with Gasteiger partial charge in [-0.05, 0) is 42.3 Å². The number of fused-ring (bicyclic) bond motifs is 1. The van der Waals surface area contributed by atoms with Crippen LogP contribution < -0.4 is 9.46 Å². The summed E-state index contributed by atoms with van der Waals surface area (Å²) in [5.41, 5.74) is 2.99. The maximum Gasteiger partial charge on any atom is 0.244 e. The first-order chi connectivity index (χ1) is 15.0. The molecule has 1 N–H and O–H groups in total. The molecule has 31 heavy (non-hydrogen) atoms. The Morgan fingerprint density at radius 2 is 1.77 bits per heavy atom. The molecule has 0 amide bonds. The Morgan fingerprint density at radius 3 is 2.55 bits per heavy atom. The van der Waals surface area contributed by atoms with Crippen LogP contribution >= 0.6 is 11.6 Å². The van der Waals surface area contributed by atoms with Gasteiger partial charge in [-0.1, -0.05) is 54.1 Å². The van der Waals surface area contributed by atoms with Crippen LogP contribution in [0.1, 0.15) is 11.4 Å². The van der Waals surface area contributed by atoms with E-state index in [0.717, 1.165) is 17.5 Å². The summed E-state index contributed by atoms with van der Waals surface area (Å²) in [6, 6.07) is 22.4. The van der Waals surface area contributed by atoms with Crippen LogP contribution in [0.25, 0.3) is 11.0 Å². The minimum atomic E-state index is -3.86. The number of sulfonamides is 1. The summed E-state index contributed by atoms with van der Waals surface area (Å²) in [5, 5.41) is 0.316. The van der Waals surface area contributed by atoms with E-state index in [4.69, 9.17) is 16.3 Å². The number of para-hydroxylation sites is 2. The summed E-state index contributed by atoms with van der Waals surface area (Å²) >= 11 is 6.01. The van der Waals surface area contributed by atoms with Crippen LogP contribution in [-0.2, 0) is 29.5 Å². The first-order valence-corrected chi connectivity index (χ1v) is 11.7. The largest absolute Gasteiger partial charge is 0.495 e. The predicted octanol–water partition coefficient (Wildman–Crippen LogP) is 4.42. The molecule has 0 radical (unpaired) electrons. The molecule has 0 saturated carbocycles. The summed E-state index contributed by atoms with van der Waals surface area (Å²) in [4.78, 5) is 4.66. The van der Waals surface area contributed by atoms with E-state index in [1.54, 1.807) is 6.07 Å². The molecule has 1 aromatic heterocycles. The second-order valence-corrected chi connectivity index (χ2v) is 9.20. The number of hydrogen-bond donors (Lipinski definition) is 1. The highest BCUT2D eigenvalue weighted by molar-refractivity contribution is 7.89. The van der Waals surface area contributed by atoms with Crippen molar-refractivity contribution in [1.82, 2.24) is 14.3 Å². The van der Waals surface area contributed by atoms with Gasteiger partial charge in [0.15, 0.2) is 0 Å². The first kappa shape index (κ1) is 21.4. The van der Waals surface area contributed by atoms with Gasteiger partial charge in [-0.3, -0.25) is 0 Å². The standard InChI is InChI=1S/C23H22ClN3O3S/c1-30-21-12-11-18(24)15-22(21)31(28,29)25-16-23-26-19-9-5-6-10-20(19)27(23)14-13-17-7-3-2-4-8-17/h2-12,15,25H,13-14,16H2,1H3. The van der Waals surface area contributed by atoms with Crippen molar-refractivity contribution in [3.8, 4) is 5.75 Å². The third-order valence-corrected chi connectivity index (χ3v) is 6.69. The van der Waals surface area contributed by atoms with Gasteiger partial charge in [0.25, 0.3) is 0 Å². The van der Waals surface area contributed by atoms with E-state index in [0.29, 0.717) is 17.4 Å². The van der Waals surface area contributed by atoms with Crippen molar-refractivity contribution in [1.29, 1.82) is 0 Å². The summed E-state index contributed by atoms with van der Waals surface area (Å²) in [6.07, 6.45) is 0.809. The van der Waals surface area contributed by atoms with Gasteiger partial charge < -0.3 is 9.30 Å². The minimum absolute atomic E-state index is 0.00514. The Labute approximate surface area is 186 Å². The normalized spacial score (nSPS) is 11.7. The molecule has 3 aromatic carbocycles. The Balaban J connectivity index is 1.62. The van der Waals surface area contributed by atoms with E-state index in [1.165, 1.54) is 24.8 Å². The molecule has 160 valence electrons. The van der Waals surface area contributed by atoms with Gasteiger partial charge in [-0.15, -0.1) is 0 Å². The SMILES string of the molecule is COc1ccc(Cl)cc1S(=O)(=O)NCc1nc2ccccc2n1CCc1ccccc1. The van der Waals surface area contributed by atoms with Gasteiger partial charge in [0.05, 0.1) is 24.7 Å². The van der Waals surface area contributed by atoms with Crippen LogP contribution in [0.5, 0.6) is 5.75 Å². The molecule has 1 heterocycles. The molecule has 0 saturated heterocycles. The molecular formula is C23H22ClN3O3S. The second kappa shape index (κ2) is 9.09. The average molecular weight is 456 g/mol. The lowest BCUT2D eigenvalue weighted by molar-refractivity contribution is 0.402. The molecule has 8 heteroatoms. The third kappa shape index (κ3) is 4.74. The smallest absolute Gasteiger partial charge is 0.244 e. The molecule has 0 fully saturated rings. The fourth-order valence-electron chi connectivity index (χ4n) is 3.49. The molecule has 0 atom stereocenters. The van der Waals surface area contributed by atoms with Crippen molar-refractivity contribution in [3.63, 3.8) is 0 Å². The Kier molecular flexibility index (Phi) is 6.27. The molecule has 0 unspecified atom stereocenters. The number of benzene rings is 3. The van der Waals surface area contributed by atoms with E-state index < -0.39 is 10.0 Å². The molecule has 0 aliphatic rings. The van der Waals surface area contributed by atoms with Crippen LogP contribution in [0.3, 0.4) is 0 Å². The highest BCUT2D eigenvalue weighted by Crippen LogP contribution is 2.27. The minimum Gasteiger partial charge on any atom is -0.495 e. The van der Waals surface area contributed by atoms with Crippen molar-refractivity contribution < 1.29 is 13.2 Å². The quantitative estimate of drug-likeness (QED) is 0.427. The number of imidazole rings is 1. The molecule has 4 aromatic rings. The molecule has 0 aliphatic carbocycles. The second-order valence-electron chi connectivity index (χ2n) is 7.02. The third-order valence-electron chi connectivity index (χ3n) is 5.04. The number of ether oxygens (including phenoxy) is 1. The highest BCUT2D eigenvalue weighted by Gasteiger charge is 2.21. The van der Waals surface area contributed by atoms with E-state index >= 15 is 0 Å². The lowest BCUT2D eigenvalue weighted by atomic mass is 10.1. The monoisotopic (exact) mass is 455 g/mol. The van der Waals surface area contributed by atoms with Crippen LogP contribution in [0.15, 0.2) is 77.7 Å². The number of methoxy groups -OCH3 is 1. The predicted molar refractivity (Wildman–Crippen MR) is 122 cm³/mol. The zero-order valence-electron chi connectivity index (χ0n) is 17.0. The van der Waals surface area contributed by atoms with Crippen molar-refractivity contribution in [2.45, 2.75) is 24.4 Å². The molecule has 0 spiro atoms. The van der Waals surface area contributed by atoms with Crippen LogP contribution in [0.2, 0.25) is 5.02 Å². The highest BCUT2D eigenvalue weighted by atomic mass is 35.5. The summed E-state index contributed by atoms with van der Waals surface area (Å²) in [5.74, 6) is 0.871. The molecular weight excluding hydrogens is 434 g/mol. The van der Waals surface area contributed by atoms with Crippen molar-refractivity contribution in [2.24, 2.45) is 0 Å². The van der Waals surface area contributed by atoms with Gasteiger partial charge in [-0.2, -0.15) is 0 Å². The number of aryl methyl sites for hydroxylation is 2. The molecule has 4 rings (SSSR count). The topological polar surface area (TPSA) is 73.2 Å². The molecule has 6 nitrogen and oxygen atoms in total. The molecule has 0 bridgehead atoms. The Morgan fingerprint density at radius 1 is 1.03 bits per heavy atom. The van der Waals surface area contributed by atoms with Gasteiger partial charge in [-0.25, -0.2) is 18.1 Å². The van der Waals surface area contributed by atoms with Gasteiger partial charge in [0.2, 0.25) is 10.0 Å². The summed E-state index contributed by atoms with van der Waals surface area (Å²) in [7, 11) is -2.44. The maximum absolute atomic E-state index is 13.0. The number of halogens is 1. The fourth-order valence-corrected chi connectivity index (χ4v) is 4.90. The van der Waals surface area contributed by atoms with Gasteiger partial charge >= 0.3 is 0 Å². The van der Waals surface area contributed by atoms with Crippen molar-refractivity contribution in [2.75, 3.05) is 7.11 Å². The van der Waals surface area contributed by atoms with E-state index in [2.05, 4.69) is 26.4 Å². The van der Waals surface area contributed by atoms with E-state index in [-0.39, 0.29) is 17.2 Å². The zero-order chi connectivity index (χ0) is 21.8. The van der Waals surface area contributed by atoms with Crippen LogP contribution in [0, 0.1) is 0 Å². The van der Waals surface area contributed by atoms with Crippen LogP contribution in [-0.4, -0.2) is 25.1 Å². The molecule has 0 aliphatic heterocycles. The zero-order valence-corrected chi connectivity index (χ0v) is 18.5. The summed E-state index contributed by atoms with van der Waals surface area (Å²) in [6.45, 7) is 0.726. The van der Waals surface area contributed by atoms with E-state index in [9.17, 15) is 8.42 Å². The number of hydrogen-bond acceptors (Lipinski definition) is 4. The number of nitrogens with one attached hydrogen (secondary N) is 1. The van der Waals surface area contributed by atoms with Gasteiger partial charge in [0, 0.05) is 11.6 Å². The summed E-state index contributed by atoms with van der Waals surface area (Å²) < 4.78 is 35.8. The fraction of sp³-hybridized carbons (Fsp3) is 0.174. The Bertz CT molecular complexity index is 1300. The Hall–Kier alpha value is -2.87.